The molecular formula is C9H16N2. The zero-order valence-electron chi connectivity index (χ0n) is 7.17. The van der Waals surface area contributed by atoms with Crippen molar-refractivity contribution >= 4 is 0 Å². The molecule has 3 N–H and O–H groups in total. The van der Waals surface area contributed by atoms with Crippen molar-refractivity contribution in [2.75, 3.05) is 0 Å². The van der Waals surface area contributed by atoms with Gasteiger partial charge in [-0.15, -0.1) is 0 Å². The van der Waals surface area contributed by atoms with Gasteiger partial charge in [0.2, 0.25) is 0 Å². The van der Waals surface area contributed by atoms with E-state index >= 15 is 0 Å². The maximum Gasteiger partial charge on any atom is 0.0961 e. The summed E-state index contributed by atoms with van der Waals surface area (Å²) < 4.78 is 0. The molecule has 0 fully saturated rings. The minimum absolute atomic E-state index is 0.378. The van der Waals surface area contributed by atoms with Crippen molar-refractivity contribution in [3.05, 3.63) is 36.7 Å². The van der Waals surface area contributed by atoms with Crippen molar-refractivity contribution in [3.63, 3.8) is 0 Å². The topological polar surface area (TPSA) is 38.0 Å². The Morgan fingerprint density at radius 1 is 1.45 bits per heavy atom. The summed E-state index contributed by atoms with van der Waals surface area (Å²) in [4.78, 5) is 0. The van der Waals surface area contributed by atoms with Crippen molar-refractivity contribution in [1.82, 2.24) is 5.32 Å². The molecule has 2 heteroatoms. The van der Waals surface area contributed by atoms with E-state index in [1.807, 2.05) is 32.1 Å². The van der Waals surface area contributed by atoms with Crippen molar-refractivity contribution in [3.8, 4) is 0 Å². The van der Waals surface area contributed by atoms with Gasteiger partial charge in [-0.1, -0.05) is 24.8 Å². The molecule has 0 rings (SSSR count). The summed E-state index contributed by atoms with van der Waals surface area (Å²) in [5.41, 5.74) is 5.58. The van der Waals surface area contributed by atoms with Crippen molar-refractivity contribution in [2.45, 2.75) is 19.9 Å². The standard InChI is InChI=1S/C9H16N2/c1-4-5-6-7-9(10)11-8(2)3/h4-8,11H,1,10H2,2-3H3/b6-5-,9-7-. The predicted octanol–water partition coefficient (Wildman–Crippen LogP) is 1.53. The van der Waals surface area contributed by atoms with Crippen molar-refractivity contribution in [1.29, 1.82) is 0 Å². The molecular weight excluding hydrogens is 136 g/mol. The monoisotopic (exact) mass is 152 g/mol. The summed E-state index contributed by atoms with van der Waals surface area (Å²) in [5, 5.41) is 3.05. The highest BCUT2D eigenvalue weighted by atomic mass is 15.0. The van der Waals surface area contributed by atoms with Gasteiger partial charge in [0.05, 0.1) is 5.82 Å². The maximum atomic E-state index is 5.58. The van der Waals surface area contributed by atoms with E-state index in [0.717, 1.165) is 0 Å². The SMILES string of the molecule is C=C/C=C\C=C(\N)NC(C)C. The molecule has 0 heterocycles. The number of hydrogen-bond donors (Lipinski definition) is 2. The first-order valence-electron chi connectivity index (χ1n) is 3.68. The van der Waals surface area contributed by atoms with Gasteiger partial charge in [-0.05, 0) is 19.9 Å². The fraction of sp³-hybridized carbons (Fsp3) is 0.333. The Bertz CT molecular complexity index is 166. The Hall–Kier alpha value is -1.18. The zero-order valence-corrected chi connectivity index (χ0v) is 7.17. The average Bonchev–Trinajstić information content (AvgIpc) is 1.86. The van der Waals surface area contributed by atoms with Crippen LogP contribution in [0.3, 0.4) is 0 Å². The summed E-state index contributed by atoms with van der Waals surface area (Å²) in [7, 11) is 0. The molecule has 11 heavy (non-hydrogen) atoms. The largest absolute Gasteiger partial charge is 0.386 e. The molecule has 0 aliphatic heterocycles. The van der Waals surface area contributed by atoms with Crippen LogP contribution in [0.1, 0.15) is 13.8 Å². The third-order valence-corrected chi connectivity index (χ3v) is 0.978. The summed E-state index contributed by atoms with van der Waals surface area (Å²) in [6.45, 7) is 7.62. The van der Waals surface area contributed by atoms with Crippen LogP contribution >= 0.6 is 0 Å². The molecule has 2 nitrogen and oxygen atoms in total. The van der Waals surface area contributed by atoms with Crippen LogP contribution in [0.2, 0.25) is 0 Å². The highest BCUT2D eigenvalue weighted by Gasteiger charge is 1.89. The lowest BCUT2D eigenvalue weighted by Gasteiger charge is -2.07. The summed E-state index contributed by atoms with van der Waals surface area (Å²) in [6.07, 6.45) is 7.19. The first-order valence-corrected chi connectivity index (χ1v) is 3.68. The molecule has 0 unspecified atom stereocenters. The van der Waals surface area contributed by atoms with Crippen LogP contribution in [-0.2, 0) is 0 Å². The number of nitrogens with one attached hydrogen (secondary N) is 1. The number of rotatable bonds is 4. The molecule has 0 aromatic carbocycles. The Balaban J connectivity index is 3.80. The van der Waals surface area contributed by atoms with Crippen LogP contribution in [0.4, 0.5) is 0 Å². The first kappa shape index (κ1) is 9.82. The molecule has 0 amide bonds. The van der Waals surface area contributed by atoms with Crippen LogP contribution in [0.5, 0.6) is 0 Å². The van der Waals surface area contributed by atoms with Gasteiger partial charge in [0, 0.05) is 6.04 Å². The van der Waals surface area contributed by atoms with E-state index in [1.54, 1.807) is 6.08 Å². The van der Waals surface area contributed by atoms with Gasteiger partial charge in [-0.25, -0.2) is 0 Å². The van der Waals surface area contributed by atoms with E-state index < -0.39 is 0 Å². The molecule has 0 aliphatic rings. The Kier molecular flexibility index (Phi) is 4.99. The molecule has 62 valence electrons. The molecule has 0 saturated carbocycles. The normalized spacial score (nSPS) is 12.5. The van der Waals surface area contributed by atoms with E-state index in [2.05, 4.69) is 11.9 Å². The molecule has 0 aromatic rings. The minimum atomic E-state index is 0.378. The Labute approximate surface area is 68.5 Å². The third-order valence-electron chi connectivity index (χ3n) is 0.978. The Morgan fingerprint density at radius 2 is 2.09 bits per heavy atom. The third kappa shape index (κ3) is 6.71. The minimum Gasteiger partial charge on any atom is -0.386 e. The summed E-state index contributed by atoms with van der Waals surface area (Å²) in [6, 6.07) is 0.378. The Morgan fingerprint density at radius 3 is 2.55 bits per heavy atom. The van der Waals surface area contributed by atoms with Crippen molar-refractivity contribution in [2.24, 2.45) is 5.73 Å². The van der Waals surface area contributed by atoms with E-state index in [-0.39, 0.29) is 0 Å². The van der Waals surface area contributed by atoms with Gasteiger partial charge in [0.1, 0.15) is 0 Å². The van der Waals surface area contributed by atoms with E-state index in [1.165, 1.54) is 0 Å². The molecule has 0 saturated heterocycles. The van der Waals surface area contributed by atoms with Gasteiger partial charge >= 0.3 is 0 Å². The molecule has 0 spiro atoms. The second-order valence-electron chi connectivity index (χ2n) is 2.54. The molecule has 0 aromatic heterocycles. The zero-order chi connectivity index (χ0) is 8.69. The van der Waals surface area contributed by atoms with Gasteiger partial charge in [-0.2, -0.15) is 0 Å². The van der Waals surface area contributed by atoms with Crippen LogP contribution in [-0.4, -0.2) is 6.04 Å². The van der Waals surface area contributed by atoms with E-state index in [9.17, 15) is 0 Å². The van der Waals surface area contributed by atoms with Gasteiger partial charge in [-0.3, -0.25) is 0 Å². The predicted molar refractivity (Wildman–Crippen MR) is 49.9 cm³/mol. The van der Waals surface area contributed by atoms with Crippen LogP contribution in [0.15, 0.2) is 36.7 Å². The fourth-order valence-electron chi connectivity index (χ4n) is 0.619. The lowest BCUT2D eigenvalue weighted by Crippen LogP contribution is -2.26. The average molecular weight is 152 g/mol. The number of hydrogen-bond acceptors (Lipinski definition) is 2. The second kappa shape index (κ2) is 5.59. The molecule has 0 aliphatic carbocycles. The van der Waals surface area contributed by atoms with Crippen LogP contribution in [0, 0.1) is 0 Å². The number of allylic oxidation sites excluding steroid dienone is 4. The highest BCUT2D eigenvalue weighted by Crippen LogP contribution is 1.84. The van der Waals surface area contributed by atoms with Crippen molar-refractivity contribution < 1.29 is 0 Å². The summed E-state index contributed by atoms with van der Waals surface area (Å²) in [5.74, 6) is 0.679. The van der Waals surface area contributed by atoms with Crippen LogP contribution in [0.25, 0.3) is 0 Å². The van der Waals surface area contributed by atoms with Gasteiger partial charge < -0.3 is 11.1 Å². The fourth-order valence-corrected chi connectivity index (χ4v) is 0.619. The maximum absolute atomic E-state index is 5.58. The van der Waals surface area contributed by atoms with E-state index in [0.29, 0.717) is 11.9 Å². The first-order chi connectivity index (χ1) is 5.16. The highest BCUT2D eigenvalue weighted by molar-refractivity contribution is 5.12. The second-order valence-corrected chi connectivity index (χ2v) is 2.54. The van der Waals surface area contributed by atoms with Gasteiger partial charge in [0.15, 0.2) is 0 Å². The lowest BCUT2D eigenvalue weighted by atomic mass is 10.4. The quantitative estimate of drug-likeness (QED) is 0.599. The molecule has 0 atom stereocenters. The number of nitrogens with two attached hydrogens (primary N) is 1. The lowest BCUT2D eigenvalue weighted by molar-refractivity contribution is 0.663. The van der Waals surface area contributed by atoms with E-state index in [4.69, 9.17) is 5.73 Å². The van der Waals surface area contributed by atoms with Gasteiger partial charge in [0.25, 0.3) is 0 Å². The molecule has 0 radical (unpaired) electrons. The summed E-state index contributed by atoms with van der Waals surface area (Å²) >= 11 is 0. The smallest absolute Gasteiger partial charge is 0.0961 e. The molecule has 0 bridgehead atoms. The van der Waals surface area contributed by atoms with Crippen LogP contribution < -0.4 is 11.1 Å².